The molecule has 0 saturated heterocycles. The molecule has 0 unspecified atom stereocenters. The van der Waals surface area contributed by atoms with Crippen molar-refractivity contribution in [2.24, 2.45) is 0 Å². The normalized spacial score (nSPS) is 10.4. The van der Waals surface area contributed by atoms with Gasteiger partial charge in [0, 0.05) is 11.6 Å². The second-order valence-electron chi connectivity index (χ2n) is 3.30. The molecule has 0 radical (unpaired) electrons. The van der Waals surface area contributed by atoms with Crippen LogP contribution in [-0.2, 0) is 6.61 Å². The minimum absolute atomic E-state index is 0.0227. The Morgan fingerprint density at radius 1 is 1.36 bits per heavy atom. The summed E-state index contributed by atoms with van der Waals surface area (Å²) < 4.78 is 10.6. The minimum Gasteiger partial charge on any atom is -0.496 e. The average molecular weight is 196 g/mol. The van der Waals surface area contributed by atoms with Crippen molar-refractivity contribution in [2.75, 3.05) is 7.11 Å². The highest BCUT2D eigenvalue weighted by Gasteiger charge is 2.04. The van der Waals surface area contributed by atoms with Gasteiger partial charge in [-0.05, 0) is 26.0 Å². The number of benzene rings is 1. The number of ether oxygens (including phenoxy) is 2. The third-order valence-corrected chi connectivity index (χ3v) is 1.80. The van der Waals surface area contributed by atoms with Crippen molar-refractivity contribution in [2.45, 2.75) is 26.6 Å². The molecule has 1 rings (SSSR count). The van der Waals surface area contributed by atoms with Gasteiger partial charge in [0.2, 0.25) is 0 Å². The van der Waals surface area contributed by atoms with Crippen LogP contribution in [0.4, 0.5) is 0 Å². The Labute approximate surface area is 84.3 Å². The van der Waals surface area contributed by atoms with Gasteiger partial charge >= 0.3 is 0 Å². The molecular formula is C11H16O3. The zero-order valence-electron chi connectivity index (χ0n) is 8.78. The van der Waals surface area contributed by atoms with Crippen molar-refractivity contribution in [3.05, 3.63) is 23.8 Å². The molecule has 3 nitrogen and oxygen atoms in total. The highest BCUT2D eigenvalue weighted by molar-refractivity contribution is 5.40. The van der Waals surface area contributed by atoms with E-state index in [4.69, 9.17) is 14.6 Å². The summed E-state index contributed by atoms with van der Waals surface area (Å²) in [6.07, 6.45) is 0.139. The first-order valence-electron chi connectivity index (χ1n) is 4.61. The summed E-state index contributed by atoms with van der Waals surface area (Å²) >= 11 is 0. The lowest BCUT2D eigenvalue weighted by Gasteiger charge is -2.12. The molecule has 0 aliphatic rings. The Morgan fingerprint density at radius 3 is 2.57 bits per heavy atom. The van der Waals surface area contributed by atoms with E-state index in [2.05, 4.69) is 0 Å². The Bertz CT molecular complexity index is 295. The third kappa shape index (κ3) is 2.64. The third-order valence-electron chi connectivity index (χ3n) is 1.80. The summed E-state index contributed by atoms with van der Waals surface area (Å²) in [5.41, 5.74) is 0.767. The number of aliphatic hydroxyl groups excluding tert-OH is 1. The smallest absolute Gasteiger partial charge is 0.128 e. The molecule has 0 amide bonds. The predicted molar refractivity (Wildman–Crippen MR) is 54.7 cm³/mol. The van der Waals surface area contributed by atoms with Gasteiger partial charge in [0.1, 0.15) is 11.5 Å². The van der Waals surface area contributed by atoms with Crippen molar-refractivity contribution in [1.82, 2.24) is 0 Å². The first kappa shape index (κ1) is 10.9. The highest BCUT2D eigenvalue weighted by atomic mass is 16.5. The lowest BCUT2D eigenvalue weighted by atomic mass is 10.2. The second kappa shape index (κ2) is 4.86. The van der Waals surface area contributed by atoms with Crippen molar-refractivity contribution >= 4 is 0 Å². The molecule has 0 saturated carbocycles. The average Bonchev–Trinajstić information content (AvgIpc) is 2.16. The molecule has 0 aliphatic heterocycles. The lowest BCUT2D eigenvalue weighted by Crippen LogP contribution is -2.05. The highest BCUT2D eigenvalue weighted by Crippen LogP contribution is 2.25. The zero-order valence-corrected chi connectivity index (χ0v) is 8.78. The van der Waals surface area contributed by atoms with Crippen molar-refractivity contribution in [3.8, 4) is 11.5 Å². The Hall–Kier alpha value is -1.22. The van der Waals surface area contributed by atoms with Crippen LogP contribution in [0.3, 0.4) is 0 Å². The van der Waals surface area contributed by atoms with Gasteiger partial charge in [-0.2, -0.15) is 0 Å². The van der Waals surface area contributed by atoms with Crippen LogP contribution in [0, 0.1) is 0 Å². The number of aliphatic hydroxyl groups is 1. The topological polar surface area (TPSA) is 38.7 Å². The summed E-state index contributed by atoms with van der Waals surface area (Å²) in [6, 6.07) is 5.41. The Balaban J connectivity index is 2.89. The van der Waals surface area contributed by atoms with Gasteiger partial charge in [0.15, 0.2) is 0 Å². The van der Waals surface area contributed by atoms with E-state index in [0.29, 0.717) is 5.75 Å². The van der Waals surface area contributed by atoms with Gasteiger partial charge in [-0.3, -0.25) is 0 Å². The summed E-state index contributed by atoms with van der Waals surface area (Å²) in [7, 11) is 1.58. The molecule has 0 fully saturated rings. The first-order valence-corrected chi connectivity index (χ1v) is 4.61. The molecule has 0 bridgehead atoms. The van der Waals surface area contributed by atoms with Gasteiger partial charge in [-0.1, -0.05) is 0 Å². The fourth-order valence-corrected chi connectivity index (χ4v) is 1.20. The molecule has 0 aromatic heterocycles. The van der Waals surface area contributed by atoms with E-state index in [1.54, 1.807) is 19.2 Å². The maximum absolute atomic E-state index is 9.00. The zero-order chi connectivity index (χ0) is 10.6. The second-order valence-corrected chi connectivity index (χ2v) is 3.30. The summed E-state index contributed by atoms with van der Waals surface area (Å²) in [5, 5.41) is 9.00. The standard InChI is InChI=1S/C11H16O3/c1-8(2)14-10-5-4-9(7-12)11(6-10)13-3/h4-6,8,12H,7H2,1-3H3. The molecular weight excluding hydrogens is 180 g/mol. The molecule has 78 valence electrons. The Morgan fingerprint density at radius 2 is 2.07 bits per heavy atom. The van der Waals surface area contributed by atoms with Crippen molar-refractivity contribution in [1.29, 1.82) is 0 Å². The molecule has 14 heavy (non-hydrogen) atoms. The maximum atomic E-state index is 9.00. The molecule has 0 atom stereocenters. The van der Waals surface area contributed by atoms with Crippen LogP contribution in [0.1, 0.15) is 19.4 Å². The van der Waals surface area contributed by atoms with Crippen LogP contribution in [0.25, 0.3) is 0 Å². The van der Waals surface area contributed by atoms with Gasteiger partial charge < -0.3 is 14.6 Å². The van der Waals surface area contributed by atoms with Crippen molar-refractivity contribution < 1.29 is 14.6 Å². The van der Waals surface area contributed by atoms with Crippen LogP contribution in [0.15, 0.2) is 18.2 Å². The van der Waals surface area contributed by atoms with Gasteiger partial charge in [0.25, 0.3) is 0 Å². The summed E-state index contributed by atoms with van der Waals surface area (Å²) in [5.74, 6) is 1.42. The predicted octanol–water partition coefficient (Wildman–Crippen LogP) is 1.97. The maximum Gasteiger partial charge on any atom is 0.128 e. The monoisotopic (exact) mass is 196 g/mol. The molecule has 3 heteroatoms. The largest absolute Gasteiger partial charge is 0.496 e. The van der Waals surface area contributed by atoms with Crippen LogP contribution in [0.5, 0.6) is 11.5 Å². The molecule has 0 spiro atoms. The van der Waals surface area contributed by atoms with Gasteiger partial charge in [0.05, 0.1) is 19.8 Å². The van der Waals surface area contributed by atoms with Crippen LogP contribution in [-0.4, -0.2) is 18.3 Å². The minimum atomic E-state index is -0.0227. The fraction of sp³-hybridized carbons (Fsp3) is 0.455. The lowest BCUT2D eigenvalue weighted by molar-refractivity contribution is 0.239. The fourth-order valence-electron chi connectivity index (χ4n) is 1.20. The van der Waals surface area contributed by atoms with E-state index < -0.39 is 0 Å². The number of methoxy groups -OCH3 is 1. The Kier molecular flexibility index (Phi) is 3.77. The number of hydrogen-bond donors (Lipinski definition) is 1. The van der Waals surface area contributed by atoms with E-state index in [9.17, 15) is 0 Å². The van der Waals surface area contributed by atoms with Crippen LogP contribution < -0.4 is 9.47 Å². The summed E-state index contributed by atoms with van der Waals surface area (Å²) in [6.45, 7) is 3.91. The SMILES string of the molecule is COc1cc(OC(C)C)ccc1CO. The van der Waals surface area contributed by atoms with Gasteiger partial charge in [-0.25, -0.2) is 0 Å². The molecule has 0 heterocycles. The van der Waals surface area contributed by atoms with Crippen LogP contribution in [0.2, 0.25) is 0 Å². The quantitative estimate of drug-likeness (QED) is 0.800. The molecule has 1 N–H and O–H groups in total. The molecule has 1 aromatic rings. The van der Waals surface area contributed by atoms with E-state index in [1.807, 2.05) is 19.9 Å². The van der Waals surface area contributed by atoms with Gasteiger partial charge in [-0.15, -0.1) is 0 Å². The number of hydrogen-bond acceptors (Lipinski definition) is 3. The first-order chi connectivity index (χ1) is 6.67. The molecule has 0 aliphatic carbocycles. The molecule has 1 aromatic carbocycles. The van der Waals surface area contributed by atoms with Crippen LogP contribution >= 0.6 is 0 Å². The van der Waals surface area contributed by atoms with E-state index in [0.717, 1.165) is 11.3 Å². The van der Waals surface area contributed by atoms with E-state index in [1.165, 1.54) is 0 Å². The number of rotatable bonds is 4. The van der Waals surface area contributed by atoms with E-state index >= 15 is 0 Å². The van der Waals surface area contributed by atoms with E-state index in [-0.39, 0.29) is 12.7 Å². The van der Waals surface area contributed by atoms with Crippen molar-refractivity contribution in [3.63, 3.8) is 0 Å². The summed E-state index contributed by atoms with van der Waals surface area (Å²) in [4.78, 5) is 0.